The normalized spacial score (nSPS) is 26.5. The molecule has 0 spiro atoms. The van der Waals surface area contributed by atoms with Crippen LogP contribution >= 0.6 is 0 Å². The number of rotatable bonds is 0. The average Bonchev–Trinajstić information content (AvgIpc) is 2.13. The van der Waals surface area contributed by atoms with Gasteiger partial charge in [-0.3, -0.25) is 0 Å². The van der Waals surface area contributed by atoms with Gasteiger partial charge >= 0.3 is 0 Å². The van der Waals surface area contributed by atoms with Crippen LogP contribution in [0.4, 0.5) is 0 Å². The number of hydrogen-bond acceptors (Lipinski definition) is 2. The second-order valence-electron chi connectivity index (χ2n) is 3.68. The predicted octanol–water partition coefficient (Wildman–Crippen LogP) is 1.60. The van der Waals surface area contributed by atoms with Crippen molar-refractivity contribution in [3.05, 3.63) is 41.5 Å². The lowest BCUT2D eigenvalue weighted by Crippen LogP contribution is -2.26. The van der Waals surface area contributed by atoms with Gasteiger partial charge in [-0.25, -0.2) is 0 Å². The minimum Gasteiger partial charge on any atom is -0.398 e. The number of nitrogens with two attached hydrogens (primary N) is 1. The molecule has 1 atom stereocenters. The fourth-order valence-corrected chi connectivity index (χ4v) is 1.73. The van der Waals surface area contributed by atoms with Gasteiger partial charge in [0.25, 0.3) is 0 Å². The van der Waals surface area contributed by atoms with Crippen molar-refractivity contribution in [2.24, 2.45) is 5.73 Å². The molecule has 0 bridgehead atoms. The molecule has 0 aromatic heterocycles. The smallest absolute Gasteiger partial charge is 0.0910 e. The fraction of sp³-hybridized carbons (Fsp3) is 0.273. The Labute approximate surface area is 77.7 Å². The van der Waals surface area contributed by atoms with Gasteiger partial charge in [0, 0.05) is 17.7 Å². The highest BCUT2D eigenvalue weighted by Crippen LogP contribution is 2.34. The van der Waals surface area contributed by atoms with E-state index in [0.29, 0.717) is 6.42 Å². The first-order valence-electron chi connectivity index (χ1n) is 4.39. The summed E-state index contributed by atoms with van der Waals surface area (Å²) in [6.07, 6.45) is 2.47. The summed E-state index contributed by atoms with van der Waals surface area (Å²) in [5.41, 5.74) is 7.70. The van der Waals surface area contributed by atoms with Crippen LogP contribution in [0, 0.1) is 0 Å². The molecule has 13 heavy (non-hydrogen) atoms. The standard InChI is InChI=1S/C11H13NO/c1-11(13)7-6-10(12)8-4-2-3-5-9(8)11/h2-6,13H,7,12H2,1H3. The Balaban J connectivity index is 2.64. The second-order valence-corrected chi connectivity index (χ2v) is 3.68. The lowest BCUT2D eigenvalue weighted by molar-refractivity contribution is 0.0589. The largest absolute Gasteiger partial charge is 0.398 e. The third-order valence-electron chi connectivity index (χ3n) is 2.54. The Bertz CT molecular complexity index is 366. The Morgan fingerprint density at radius 3 is 2.77 bits per heavy atom. The fourth-order valence-electron chi connectivity index (χ4n) is 1.73. The van der Waals surface area contributed by atoms with Crippen LogP contribution in [-0.4, -0.2) is 5.11 Å². The molecule has 0 saturated carbocycles. The van der Waals surface area contributed by atoms with Crippen LogP contribution in [0.15, 0.2) is 30.3 Å². The van der Waals surface area contributed by atoms with E-state index in [0.717, 1.165) is 16.8 Å². The number of hydrogen-bond donors (Lipinski definition) is 2. The van der Waals surface area contributed by atoms with Crippen molar-refractivity contribution in [2.45, 2.75) is 18.9 Å². The molecular formula is C11H13NO. The van der Waals surface area contributed by atoms with Crippen molar-refractivity contribution >= 4 is 5.70 Å². The highest BCUT2D eigenvalue weighted by molar-refractivity contribution is 5.68. The minimum absolute atomic E-state index is 0.593. The summed E-state index contributed by atoms with van der Waals surface area (Å²) in [5, 5.41) is 10.0. The van der Waals surface area contributed by atoms with Gasteiger partial charge in [0.15, 0.2) is 0 Å². The molecule has 2 nitrogen and oxygen atoms in total. The second kappa shape index (κ2) is 2.60. The first-order chi connectivity index (χ1) is 6.11. The number of aliphatic hydroxyl groups is 1. The lowest BCUT2D eigenvalue weighted by atomic mass is 9.83. The van der Waals surface area contributed by atoms with E-state index in [1.54, 1.807) is 0 Å². The zero-order valence-corrected chi connectivity index (χ0v) is 7.62. The average molecular weight is 175 g/mol. The molecule has 0 saturated heterocycles. The molecule has 0 heterocycles. The summed E-state index contributed by atoms with van der Waals surface area (Å²) in [5.74, 6) is 0. The molecule has 68 valence electrons. The van der Waals surface area contributed by atoms with Crippen LogP contribution in [0.1, 0.15) is 24.5 Å². The first-order valence-corrected chi connectivity index (χ1v) is 4.39. The van der Waals surface area contributed by atoms with Crippen LogP contribution in [0.3, 0.4) is 0 Å². The summed E-state index contributed by atoms with van der Waals surface area (Å²) >= 11 is 0. The zero-order chi connectivity index (χ0) is 9.47. The van der Waals surface area contributed by atoms with Gasteiger partial charge < -0.3 is 10.8 Å². The monoisotopic (exact) mass is 175 g/mol. The van der Waals surface area contributed by atoms with Crippen LogP contribution in [0.5, 0.6) is 0 Å². The van der Waals surface area contributed by atoms with E-state index in [1.807, 2.05) is 37.3 Å². The SMILES string of the molecule is CC1(O)CC=C(N)c2ccccc21. The number of benzene rings is 1. The van der Waals surface area contributed by atoms with Gasteiger partial charge in [0.1, 0.15) is 0 Å². The van der Waals surface area contributed by atoms with E-state index in [-0.39, 0.29) is 0 Å². The third-order valence-corrected chi connectivity index (χ3v) is 2.54. The van der Waals surface area contributed by atoms with E-state index >= 15 is 0 Å². The molecule has 2 heteroatoms. The maximum absolute atomic E-state index is 10.0. The Kier molecular flexibility index (Phi) is 1.67. The molecular weight excluding hydrogens is 162 g/mol. The van der Waals surface area contributed by atoms with Crippen LogP contribution in [-0.2, 0) is 5.60 Å². The van der Waals surface area contributed by atoms with E-state index < -0.39 is 5.60 Å². The van der Waals surface area contributed by atoms with Crippen molar-refractivity contribution in [3.63, 3.8) is 0 Å². The van der Waals surface area contributed by atoms with Crippen molar-refractivity contribution in [1.29, 1.82) is 0 Å². The van der Waals surface area contributed by atoms with Crippen molar-refractivity contribution in [2.75, 3.05) is 0 Å². The Morgan fingerprint density at radius 1 is 1.38 bits per heavy atom. The molecule has 3 N–H and O–H groups in total. The summed E-state index contributed by atoms with van der Waals surface area (Å²) in [7, 11) is 0. The molecule has 0 radical (unpaired) electrons. The molecule has 2 rings (SSSR count). The minimum atomic E-state index is -0.764. The maximum Gasteiger partial charge on any atom is 0.0910 e. The maximum atomic E-state index is 10.0. The van der Waals surface area contributed by atoms with Crippen molar-refractivity contribution < 1.29 is 5.11 Å². The molecule has 0 amide bonds. The molecule has 1 aromatic carbocycles. The van der Waals surface area contributed by atoms with Crippen LogP contribution < -0.4 is 5.73 Å². The summed E-state index contributed by atoms with van der Waals surface area (Å²) in [6.45, 7) is 1.81. The predicted molar refractivity (Wildman–Crippen MR) is 52.8 cm³/mol. The Hall–Kier alpha value is -1.28. The molecule has 0 aliphatic heterocycles. The quantitative estimate of drug-likeness (QED) is 0.629. The summed E-state index contributed by atoms with van der Waals surface area (Å²) < 4.78 is 0. The summed E-state index contributed by atoms with van der Waals surface area (Å²) in [4.78, 5) is 0. The molecule has 1 aliphatic rings. The van der Waals surface area contributed by atoms with Gasteiger partial charge in [0.05, 0.1) is 5.60 Å². The van der Waals surface area contributed by atoms with Gasteiger partial charge in [0.2, 0.25) is 0 Å². The van der Waals surface area contributed by atoms with Gasteiger partial charge in [-0.05, 0) is 12.5 Å². The molecule has 1 aromatic rings. The highest BCUT2D eigenvalue weighted by Gasteiger charge is 2.28. The van der Waals surface area contributed by atoms with E-state index in [2.05, 4.69) is 0 Å². The third kappa shape index (κ3) is 1.23. The number of fused-ring (bicyclic) bond motifs is 1. The topological polar surface area (TPSA) is 46.2 Å². The van der Waals surface area contributed by atoms with E-state index in [9.17, 15) is 5.11 Å². The van der Waals surface area contributed by atoms with Gasteiger partial charge in [-0.1, -0.05) is 30.3 Å². The molecule has 0 fully saturated rings. The van der Waals surface area contributed by atoms with Gasteiger partial charge in [-0.15, -0.1) is 0 Å². The highest BCUT2D eigenvalue weighted by atomic mass is 16.3. The molecule has 1 aliphatic carbocycles. The van der Waals surface area contributed by atoms with Crippen LogP contribution in [0.25, 0.3) is 5.70 Å². The van der Waals surface area contributed by atoms with E-state index in [1.165, 1.54) is 0 Å². The first kappa shape index (κ1) is 8.32. The summed E-state index contributed by atoms with van der Waals surface area (Å²) in [6, 6.07) is 7.72. The zero-order valence-electron chi connectivity index (χ0n) is 7.62. The van der Waals surface area contributed by atoms with E-state index in [4.69, 9.17) is 5.73 Å². The lowest BCUT2D eigenvalue weighted by Gasteiger charge is -2.29. The van der Waals surface area contributed by atoms with Crippen molar-refractivity contribution in [1.82, 2.24) is 0 Å². The van der Waals surface area contributed by atoms with Crippen molar-refractivity contribution in [3.8, 4) is 0 Å². The van der Waals surface area contributed by atoms with Gasteiger partial charge in [-0.2, -0.15) is 0 Å². The Morgan fingerprint density at radius 2 is 2.08 bits per heavy atom. The van der Waals surface area contributed by atoms with Crippen LogP contribution in [0.2, 0.25) is 0 Å². The molecule has 1 unspecified atom stereocenters.